The van der Waals surface area contributed by atoms with Gasteiger partial charge in [0.25, 0.3) is 5.91 Å². The van der Waals surface area contributed by atoms with Crippen molar-refractivity contribution in [1.82, 2.24) is 0 Å². The van der Waals surface area contributed by atoms with E-state index in [1.165, 1.54) is 5.56 Å². The highest BCUT2D eigenvalue weighted by molar-refractivity contribution is 6.05. The predicted molar refractivity (Wildman–Crippen MR) is 112 cm³/mol. The molecule has 3 rings (SSSR count). The number of nitrogens with one attached hydrogen (secondary N) is 1. The fourth-order valence-electron chi connectivity index (χ4n) is 2.90. The molecule has 4 nitrogen and oxygen atoms in total. The van der Waals surface area contributed by atoms with Crippen LogP contribution in [0.2, 0.25) is 0 Å². The van der Waals surface area contributed by atoms with Gasteiger partial charge in [-0.15, -0.1) is 0 Å². The first kappa shape index (κ1) is 19.5. The highest BCUT2D eigenvalue weighted by Gasteiger charge is 2.09. The summed E-state index contributed by atoms with van der Waals surface area (Å²) in [5.74, 6) is 1.30. The second-order valence-corrected chi connectivity index (χ2v) is 6.53. The lowest BCUT2D eigenvalue weighted by Crippen LogP contribution is -2.12. The molecule has 1 N–H and O–H groups in total. The zero-order chi connectivity index (χ0) is 19.8. The molecule has 1 amide bonds. The SMILES string of the molecule is CCCc1ccc(OCc2ccc(C(=O)Nc3ccccc3OC)cc2)cc1. The number of hydrogen-bond donors (Lipinski definition) is 1. The average molecular weight is 375 g/mol. The molecule has 0 bridgehead atoms. The zero-order valence-corrected chi connectivity index (χ0v) is 16.3. The third-order valence-electron chi connectivity index (χ3n) is 4.44. The molecule has 0 aliphatic heterocycles. The van der Waals surface area contributed by atoms with Crippen molar-refractivity contribution in [2.45, 2.75) is 26.4 Å². The van der Waals surface area contributed by atoms with Crippen LogP contribution in [0.25, 0.3) is 0 Å². The number of amides is 1. The Kier molecular flexibility index (Phi) is 6.68. The smallest absolute Gasteiger partial charge is 0.255 e. The van der Waals surface area contributed by atoms with Gasteiger partial charge < -0.3 is 14.8 Å². The predicted octanol–water partition coefficient (Wildman–Crippen LogP) is 5.48. The van der Waals surface area contributed by atoms with Crippen molar-refractivity contribution in [3.8, 4) is 11.5 Å². The molecule has 4 heteroatoms. The van der Waals surface area contributed by atoms with Gasteiger partial charge in [0.15, 0.2) is 0 Å². The number of hydrogen-bond acceptors (Lipinski definition) is 3. The van der Waals surface area contributed by atoms with E-state index in [4.69, 9.17) is 9.47 Å². The molecule has 3 aromatic carbocycles. The van der Waals surface area contributed by atoms with Crippen LogP contribution in [0.5, 0.6) is 11.5 Å². The molecule has 3 aromatic rings. The number of rotatable bonds is 8. The fourth-order valence-corrected chi connectivity index (χ4v) is 2.90. The average Bonchev–Trinajstić information content (AvgIpc) is 2.74. The van der Waals surface area contributed by atoms with Crippen molar-refractivity contribution in [3.63, 3.8) is 0 Å². The number of anilines is 1. The number of carbonyl (C=O) groups is 1. The molecular formula is C24H25NO3. The monoisotopic (exact) mass is 375 g/mol. The molecule has 28 heavy (non-hydrogen) atoms. The molecule has 0 heterocycles. The van der Waals surface area contributed by atoms with Gasteiger partial charge in [-0.05, 0) is 53.9 Å². The molecule has 0 fully saturated rings. The van der Waals surface area contributed by atoms with Gasteiger partial charge in [0.1, 0.15) is 18.1 Å². The summed E-state index contributed by atoms with van der Waals surface area (Å²) in [5, 5.41) is 2.88. The van der Waals surface area contributed by atoms with E-state index in [1.54, 1.807) is 19.2 Å². The van der Waals surface area contributed by atoms with Crippen molar-refractivity contribution in [3.05, 3.63) is 89.5 Å². The Bertz CT molecular complexity index is 902. The van der Waals surface area contributed by atoms with Crippen molar-refractivity contribution >= 4 is 11.6 Å². The highest BCUT2D eigenvalue weighted by Crippen LogP contribution is 2.23. The summed E-state index contributed by atoms with van der Waals surface area (Å²) in [5.41, 5.74) is 3.55. The molecule has 0 spiro atoms. The third kappa shape index (κ3) is 5.13. The Morgan fingerprint density at radius 1 is 0.893 bits per heavy atom. The summed E-state index contributed by atoms with van der Waals surface area (Å²) < 4.78 is 11.1. The van der Waals surface area contributed by atoms with Crippen molar-refractivity contribution < 1.29 is 14.3 Å². The molecule has 0 aliphatic rings. The summed E-state index contributed by atoms with van der Waals surface area (Å²) in [6, 6.07) is 22.9. The molecular weight excluding hydrogens is 350 g/mol. The van der Waals surface area contributed by atoms with E-state index in [2.05, 4.69) is 24.4 Å². The molecule has 0 unspecified atom stereocenters. The van der Waals surface area contributed by atoms with Gasteiger partial charge in [-0.3, -0.25) is 4.79 Å². The van der Waals surface area contributed by atoms with Gasteiger partial charge >= 0.3 is 0 Å². The van der Waals surface area contributed by atoms with Gasteiger partial charge in [-0.1, -0.05) is 49.7 Å². The lowest BCUT2D eigenvalue weighted by Gasteiger charge is -2.10. The summed E-state index contributed by atoms with van der Waals surface area (Å²) in [7, 11) is 1.58. The van der Waals surface area contributed by atoms with Crippen LogP contribution >= 0.6 is 0 Å². The summed E-state index contributed by atoms with van der Waals surface area (Å²) in [4.78, 5) is 12.5. The van der Waals surface area contributed by atoms with Crippen LogP contribution in [0.4, 0.5) is 5.69 Å². The van der Waals surface area contributed by atoms with Gasteiger partial charge in [-0.2, -0.15) is 0 Å². The number of carbonyl (C=O) groups excluding carboxylic acids is 1. The minimum Gasteiger partial charge on any atom is -0.495 e. The minimum atomic E-state index is -0.177. The van der Waals surface area contributed by atoms with E-state index in [-0.39, 0.29) is 5.91 Å². The zero-order valence-electron chi connectivity index (χ0n) is 16.3. The standard InChI is InChI=1S/C24H25NO3/c1-3-6-18-11-15-21(16-12-18)28-17-19-9-13-20(14-10-19)24(26)25-22-7-4-5-8-23(22)27-2/h4-5,7-16H,3,6,17H2,1-2H3,(H,25,26). The van der Waals surface area contributed by atoms with Gasteiger partial charge in [0.2, 0.25) is 0 Å². The third-order valence-corrected chi connectivity index (χ3v) is 4.44. The quantitative estimate of drug-likeness (QED) is 0.567. The normalized spacial score (nSPS) is 10.4. The Morgan fingerprint density at radius 3 is 2.25 bits per heavy atom. The van der Waals surface area contributed by atoms with Crippen LogP contribution in [0, 0.1) is 0 Å². The first-order chi connectivity index (χ1) is 13.7. The maximum Gasteiger partial charge on any atom is 0.255 e. The molecule has 0 saturated heterocycles. The van der Waals surface area contributed by atoms with Crippen LogP contribution in [-0.2, 0) is 13.0 Å². The van der Waals surface area contributed by atoms with Crippen molar-refractivity contribution in [2.24, 2.45) is 0 Å². The van der Waals surface area contributed by atoms with Crippen molar-refractivity contribution in [1.29, 1.82) is 0 Å². The van der Waals surface area contributed by atoms with E-state index in [1.807, 2.05) is 48.5 Å². The van der Waals surface area contributed by atoms with Crippen molar-refractivity contribution in [2.75, 3.05) is 12.4 Å². The molecule has 0 saturated carbocycles. The maximum atomic E-state index is 12.5. The summed E-state index contributed by atoms with van der Waals surface area (Å²) in [6.45, 7) is 2.63. The van der Waals surface area contributed by atoms with E-state index in [9.17, 15) is 4.79 Å². The first-order valence-corrected chi connectivity index (χ1v) is 9.44. The minimum absolute atomic E-state index is 0.177. The molecule has 0 radical (unpaired) electrons. The first-order valence-electron chi connectivity index (χ1n) is 9.44. The topological polar surface area (TPSA) is 47.6 Å². The summed E-state index contributed by atoms with van der Waals surface area (Å²) in [6.07, 6.45) is 2.22. The van der Waals surface area contributed by atoms with Crippen LogP contribution in [0.15, 0.2) is 72.8 Å². The number of methoxy groups -OCH3 is 1. The summed E-state index contributed by atoms with van der Waals surface area (Å²) >= 11 is 0. The largest absolute Gasteiger partial charge is 0.495 e. The van der Waals surface area contributed by atoms with E-state index < -0.39 is 0 Å². The maximum absolute atomic E-state index is 12.5. The fraction of sp³-hybridized carbons (Fsp3) is 0.208. The lowest BCUT2D eigenvalue weighted by atomic mass is 10.1. The van der Waals surface area contributed by atoms with Gasteiger partial charge in [-0.25, -0.2) is 0 Å². The van der Waals surface area contributed by atoms with E-state index >= 15 is 0 Å². The molecule has 144 valence electrons. The molecule has 0 aliphatic carbocycles. The number of benzene rings is 3. The van der Waals surface area contributed by atoms with Gasteiger partial charge in [0.05, 0.1) is 12.8 Å². The van der Waals surface area contributed by atoms with Crippen LogP contribution in [-0.4, -0.2) is 13.0 Å². The second-order valence-electron chi connectivity index (χ2n) is 6.53. The Labute approximate surface area is 166 Å². The Hall–Kier alpha value is -3.27. The van der Waals surface area contributed by atoms with Crippen LogP contribution in [0.1, 0.15) is 34.8 Å². The van der Waals surface area contributed by atoms with E-state index in [0.717, 1.165) is 24.2 Å². The number of ether oxygens (including phenoxy) is 2. The van der Waals surface area contributed by atoms with Crippen LogP contribution < -0.4 is 14.8 Å². The number of aryl methyl sites for hydroxylation is 1. The van der Waals surface area contributed by atoms with Gasteiger partial charge in [0, 0.05) is 5.56 Å². The Balaban J connectivity index is 1.57. The van der Waals surface area contributed by atoms with Crippen LogP contribution in [0.3, 0.4) is 0 Å². The molecule has 0 atom stereocenters. The lowest BCUT2D eigenvalue weighted by molar-refractivity contribution is 0.102. The number of para-hydroxylation sites is 2. The Morgan fingerprint density at radius 2 is 1.57 bits per heavy atom. The second kappa shape index (κ2) is 9.60. The highest BCUT2D eigenvalue weighted by atomic mass is 16.5. The van der Waals surface area contributed by atoms with E-state index in [0.29, 0.717) is 23.6 Å². The molecule has 0 aromatic heterocycles.